The minimum atomic E-state index is -0.00308. The second-order valence-corrected chi connectivity index (χ2v) is 3.97. The van der Waals surface area contributed by atoms with Crippen LogP contribution < -0.4 is 5.73 Å². The maximum Gasteiger partial charge on any atom is 0.125 e. The van der Waals surface area contributed by atoms with E-state index in [1.807, 2.05) is 30.6 Å². The molecule has 0 amide bonds. The molecule has 72 valence electrons. The van der Waals surface area contributed by atoms with Crippen LogP contribution in [0.3, 0.4) is 0 Å². The van der Waals surface area contributed by atoms with Gasteiger partial charge >= 0.3 is 0 Å². The molecule has 3 nitrogen and oxygen atoms in total. The summed E-state index contributed by atoms with van der Waals surface area (Å²) in [5, 5.41) is 2.97. The smallest absolute Gasteiger partial charge is 0.125 e. The van der Waals surface area contributed by atoms with Crippen LogP contribution in [-0.2, 0) is 0 Å². The summed E-state index contributed by atoms with van der Waals surface area (Å²) in [6, 6.07) is 3.90. The van der Waals surface area contributed by atoms with Gasteiger partial charge < -0.3 is 5.73 Å². The van der Waals surface area contributed by atoms with Crippen LogP contribution >= 0.6 is 11.3 Å². The first-order chi connectivity index (χ1) is 6.77. The fraction of sp³-hybridized carbons (Fsp3) is 0.200. The van der Waals surface area contributed by atoms with Crippen molar-refractivity contribution in [1.29, 1.82) is 0 Å². The molecular weight excluding hydrogens is 194 g/mol. The van der Waals surface area contributed by atoms with Crippen molar-refractivity contribution < 1.29 is 0 Å². The number of aromatic nitrogens is 2. The van der Waals surface area contributed by atoms with Crippen molar-refractivity contribution in [2.24, 2.45) is 5.73 Å². The van der Waals surface area contributed by atoms with Crippen molar-refractivity contribution in [2.75, 3.05) is 0 Å². The number of thiazole rings is 1. The molecule has 0 bridgehead atoms. The maximum absolute atomic E-state index is 5.73. The first kappa shape index (κ1) is 9.30. The van der Waals surface area contributed by atoms with Crippen molar-refractivity contribution in [3.8, 4) is 10.6 Å². The topological polar surface area (TPSA) is 51.8 Å². The zero-order valence-corrected chi connectivity index (χ0v) is 8.66. The van der Waals surface area contributed by atoms with Gasteiger partial charge in [0.25, 0.3) is 0 Å². The molecule has 0 fully saturated rings. The molecule has 0 aliphatic rings. The van der Waals surface area contributed by atoms with Gasteiger partial charge in [-0.15, -0.1) is 11.3 Å². The van der Waals surface area contributed by atoms with E-state index in [9.17, 15) is 0 Å². The number of rotatable bonds is 2. The highest BCUT2D eigenvalue weighted by molar-refractivity contribution is 7.13. The highest BCUT2D eigenvalue weighted by Crippen LogP contribution is 2.24. The number of hydrogen-bond acceptors (Lipinski definition) is 4. The van der Waals surface area contributed by atoms with Crippen molar-refractivity contribution in [1.82, 2.24) is 9.97 Å². The Kier molecular flexibility index (Phi) is 2.56. The molecule has 1 unspecified atom stereocenters. The van der Waals surface area contributed by atoms with Gasteiger partial charge in [-0.3, -0.25) is 4.98 Å². The van der Waals surface area contributed by atoms with Gasteiger partial charge in [0.2, 0.25) is 0 Å². The van der Waals surface area contributed by atoms with E-state index < -0.39 is 0 Å². The minimum Gasteiger partial charge on any atom is -0.323 e. The van der Waals surface area contributed by atoms with Gasteiger partial charge in [0.1, 0.15) is 5.01 Å². The molecule has 4 heteroatoms. The van der Waals surface area contributed by atoms with Gasteiger partial charge in [0.15, 0.2) is 0 Å². The molecule has 2 heterocycles. The van der Waals surface area contributed by atoms with Crippen LogP contribution in [-0.4, -0.2) is 9.97 Å². The van der Waals surface area contributed by atoms with Gasteiger partial charge in [-0.2, -0.15) is 0 Å². The molecule has 0 saturated carbocycles. The van der Waals surface area contributed by atoms with E-state index in [4.69, 9.17) is 5.73 Å². The van der Waals surface area contributed by atoms with Crippen molar-refractivity contribution in [3.05, 3.63) is 35.6 Å². The standard InChI is InChI=1S/C10H11N3S/c1-7(11)9-6-14-10(13-9)8-3-2-4-12-5-8/h2-7H,11H2,1H3. The number of nitrogens with zero attached hydrogens (tertiary/aromatic N) is 2. The molecule has 1 atom stereocenters. The first-order valence-electron chi connectivity index (χ1n) is 4.39. The Morgan fingerprint density at radius 1 is 1.50 bits per heavy atom. The van der Waals surface area contributed by atoms with E-state index in [2.05, 4.69) is 9.97 Å². The lowest BCUT2D eigenvalue weighted by Gasteiger charge is -1.97. The highest BCUT2D eigenvalue weighted by atomic mass is 32.1. The quantitative estimate of drug-likeness (QED) is 0.818. The second kappa shape index (κ2) is 3.86. The summed E-state index contributed by atoms with van der Waals surface area (Å²) in [4.78, 5) is 8.48. The van der Waals surface area contributed by atoms with E-state index in [1.54, 1.807) is 17.5 Å². The largest absolute Gasteiger partial charge is 0.323 e. The molecule has 0 aliphatic heterocycles. The molecule has 2 N–H and O–H groups in total. The van der Waals surface area contributed by atoms with E-state index in [1.165, 1.54) is 0 Å². The van der Waals surface area contributed by atoms with Crippen LogP contribution in [0.1, 0.15) is 18.7 Å². The molecule has 0 spiro atoms. The third-order valence-electron chi connectivity index (χ3n) is 1.90. The predicted octanol–water partition coefficient (Wildman–Crippen LogP) is 2.22. The molecule has 0 aliphatic carbocycles. The van der Waals surface area contributed by atoms with Gasteiger partial charge in [0, 0.05) is 29.4 Å². The van der Waals surface area contributed by atoms with Crippen molar-refractivity contribution >= 4 is 11.3 Å². The van der Waals surface area contributed by atoms with Crippen LogP contribution in [0.2, 0.25) is 0 Å². The minimum absolute atomic E-state index is 0.00308. The summed E-state index contributed by atoms with van der Waals surface area (Å²) < 4.78 is 0. The molecule has 2 rings (SSSR count). The number of pyridine rings is 1. The highest BCUT2D eigenvalue weighted by Gasteiger charge is 2.06. The Balaban J connectivity index is 2.34. The van der Waals surface area contributed by atoms with E-state index in [0.29, 0.717) is 0 Å². The Bertz CT molecular complexity index is 408. The normalized spacial score (nSPS) is 12.7. The van der Waals surface area contributed by atoms with Crippen LogP contribution in [0.4, 0.5) is 0 Å². The van der Waals surface area contributed by atoms with Crippen molar-refractivity contribution in [2.45, 2.75) is 13.0 Å². The van der Waals surface area contributed by atoms with Gasteiger partial charge in [0.05, 0.1) is 5.69 Å². The van der Waals surface area contributed by atoms with E-state index in [0.717, 1.165) is 16.3 Å². The fourth-order valence-electron chi connectivity index (χ4n) is 1.12. The maximum atomic E-state index is 5.73. The fourth-order valence-corrected chi connectivity index (χ4v) is 2.03. The first-order valence-corrected chi connectivity index (χ1v) is 5.27. The Labute approximate surface area is 86.6 Å². The molecular formula is C10H11N3S. The number of nitrogens with two attached hydrogens (primary N) is 1. The van der Waals surface area contributed by atoms with Gasteiger partial charge in [-0.1, -0.05) is 0 Å². The lowest BCUT2D eigenvalue weighted by molar-refractivity contribution is 0.790. The zero-order valence-electron chi connectivity index (χ0n) is 7.84. The van der Waals surface area contributed by atoms with Crippen LogP contribution in [0, 0.1) is 0 Å². The van der Waals surface area contributed by atoms with Crippen LogP contribution in [0.25, 0.3) is 10.6 Å². The molecule has 0 radical (unpaired) electrons. The molecule has 2 aromatic rings. The van der Waals surface area contributed by atoms with Gasteiger partial charge in [-0.25, -0.2) is 4.98 Å². The second-order valence-electron chi connectivity index (χ2n) is 3.11. The van der Waals surface area contributed by atoms with E-state index >= 15 is 0 Å². The number of hydrogen-bond donors (Lipinski definition) is 1. The van der Waals surface area contributed by atoms with Crippen LogP contribution in [0.5, 0.6) is 0 Å². The predicted molar refractivity (Wildman–Crippen MR) is 57.9 cm³/mol. The van der Waals surface area contributed by atoms with E-state index in [-0.39, 0.29) is 6.04 Å². The molecule has 0 aromatic carbocycles. The average molecular weight is 205 g/mol. The third kappa shape index (κ3) is 1.81. The lowest BCUT2D eigenvalue weighted by atomic mass is 10.3. The summed E-state index contributed by atoms with van der Waals surface area (Å²) in [5.74, 6) is 0. The molecule has 2 aromatic heterocycles. The Morgan fingerprint density at radius 2 is 2.36 bits per heavy atom. The van der Waals surface area contributed by atoms with Gasteiger partial charge in [-0.05, 0) is 19.1 Å². The van der Waals surface area contributed by atoms with Crippen molar-refractivity contribution in [3.63, 3.8) is 0 Å². The molecule has 0 saturated heterocycles. The summed E-state index contributed by atoms with van der Waals surface area (Å²) >= 11 is 1.60. The average Bonchev–Trinajstić information content (AvgIpc) is 2.68. The Hall–Kier alpha value is -1.26. The monoisotopic (exact) mass is 205 g/mol. The summed E-state index contributed by atoms with van der Waals surface area (Å²) in [5.41, 5.74) is 7.72. The summed E-state index contributed by atoms with van der Waals surface area (Å²) in [7, 11) is 0. The summed E-state index contributed by atoms with van der Waals surface area (Å²) in [6.45, 7) is 1.93. The Morgan fingerprint density at radius 3 is 2.93 bits per heavy atom. The third-order valence-corrected chi connectivity index (χ3v) is 2.81. The SMILES string of the molecule is CC(N)c1csc(-c2cccnc2)n1. The van der Waals surface area contributed by atoms with Crippen LogP contribution in [0.15, 0.2) is 29.9 Å². The lowest BCUT2D eigenvalue weighted by Crippen LogP contribution is -2.04. The summed E-state index contributed by atoms with van der Waals surface area (Å²) in [6.07, 6.45) is 3.56. The molecule has 14 heavy (non-hydrogen) atoms. The zero-order chi connectivity index (χ0) is 9.97.